The summed E-state index contributed by atoms with van der Waals surface area (Å²) in [5, 5.41) is 17.9. The second kappa shape index (κ2) is 4.95. The van der Waals surface area contributed by atoms with E-state index in [0.717, 1.165) is 0 Å². The third-order valence-electron chi connectivity index (χ3n) is 2.06. The van der Waals surface area contributed by atoms with Crippen LogP contribution in [-0.2, 0) is 0 Å². The Morgan fingerprint density at radius 2 is 1.75 bits per heavy atom. The summed E-state index contributed by atoms with van der Waals surface area (Å²) < 4.78 is 26.8. The average Bonchev–Trinajstić information content (AvgIpc) is 2.24. The first kappa shape index (κ1) is 13.8. The summed E-state index contributed by atoms with van der Waals surface area (Å²) in [6.07, 6.45) is 0. The van der Waals surface area contributed by atoms with Gasteiger partial charge in [0.1, 0.15) is 12.4 Å². The number of halogens is 4. The van der Waals surface area contributed by atoms with Crippen molar-refractivity contribution in [3.63, 3.8) is 0 Å². The van der Waals surface area contributed by atoms with Gasteiger partial charge < -0.3 is 15.9 Å². The second-order valence-corrected chi connectivity index (χ2v) is 4.94. The molecule has 0 aromatic heterocycles. The van der Waals surface area contributed by atoms with E-state index >= 15 is 0 Å². The maximum Gasteiger partial charge on any atom is 0.289 e. The van der Waals surface area contributed by atoms with Gasteiger partial charge in [-0.3, -0.25) is 0 Å². The Morgan fingerprint density at radius 3 is 2.12 bits per heavy atom. The van der Waals surface area contributed by atoms with Crippen LogP contribution in [0.3, 0.4) is 0 Å². The number of aliphatic hydroxyl groups excluding tert-OH is 1. The molecule has 0 fully saturated rings. The van der Waals surface area contributed by atoms with Crippen LogP contribution in [0.25, 0.3) is 0 Å². The van der Waals surface area contributed by atoms with E-state index < -0.39 is 18.6 Å². The van der Waals surface area contributed by atoms with E-state index in [-0.39, 0.29) is 20.3 Å². The Bertz CT molecular complexity index is 378. The first-order valence-corrected chi connectivity index (χ1v) is 5.80. The van der Waals surface area contributed by atoms with Crippen LogP contribution >= 0.6 is 31.9 Å². The van der Waals surface area contributed by atoms with E-state index in [2.05, 4.69) is 31.9 Å². The van der Waals surface area contributed by atoms with Crippen molar-refractivity contribution < 1.29 is 19.0 Å². The molecule has 0 spiro atoms. The summed E-state index contributed by atoms with van der Waals surface area (Å²) in [5.74, 6) is -3.50. The predicted octanol–water partition coefficient (Wildman–Crippen LogP) is 2.54. The molecule has 0 saturated heterocycles. The molecule has 1 aromatic carbocycles. The summed E-state index contributed by atoms with van der Waals surface area (Å²) in [4.78, 5) is 0. The van der Waals surface area contributed by atoms with Crippen LogP contribution in [0, 0.1) is 0 Å². The average molecular weight is 361 g/mol. The lowest BCUT2D eigenvalue weighted by atomic mass is 10.0. The second-order valence-electron chi connectivity index (χ2n) is 3.23. The van der Waals surface area contributed by atoms with E-state index in [1.165, 1.54) is 12.1 Å². The SMILES string of the molecule is N[C@@H](c1cc(Br)c(O)c(Br)c1)C(F)(F)CO. The molecular weight excluding hydrogens is 352 g/mol. The minimum absolute atomic E-state index is 0.0942. The van der Waals surface area contributed by atoms with Crippen LogP contribution in [0.15, 0.2) is 21.1 Å². The summed E-state index contributed by atoms with van der Waals surface area (Å²) in [6.45, 7) is -1.33. The van der Waals surface area contributed by atoms with Gasteiger partial charge in [0, 0.05) is 0 Å². The standard InChI is InChI=1S/C9H9Br2F2NO2/c10-5-1-4(2-6(11)7(5)16)8(14)9(12,13)3-15/h1-2,8,15-16H,3,14H2/t8-/m0/s1. The molecule has 0 aliphatic rings. The zero-order valence-electron chi connectivity index (χ0n) is 7.92. The molecule has 0 heterocycles. The zero-order chi connectivity index (χ0) is 12.5. The van der Waals surface area contributed by atoms with Crippen molar-refractivity contribution in [3.8, 4) is 5.75 Å². The smallest absolute Gasteiger partial charge is 0.289 e. The number of benzene rings is 1. The van der Waals surface area contributed by atoms with Crippen molar-refractivity contribution >= 4 is 31.9 Å². The van der Waals surface area contributed by atoms with Gasteiger partial charge in [0.15, 0.2) is 0 Å². The highest BCUT2D eigenvalue weighted by atomic mass is 79.9. The first-order valence-electron chi connectivity index (χ1n) is 4.21. The quantitative estimate of drug-likeness (QED) is 0.776. The molecule has 90 valence electrons. The molecule has 0 unspecified atom stereocenters. The molecule has 4 N–H and O–H groups in total. The van der Waals surface area contributed by atoms with Gasteiger partial charge in [-0.1, -0.05) is 0 Å². The van der Waals surface area contributed by atoms with Crippen molar-refractivity contribution in [1.29, 1.82) is 0 Å². The van der Waals surface area contributed by atoms with Crippen LogP contribution in [-0.4, -0.2) is 22.7 Å². The number of hydrogen-bond acceptors (Lipinski definition) is 3. The van der Waals surface area contributed by atoms with Crippen molar-refractivity contribution in [1.82, 2.24) is 0 Å². The third-order valence-corrected chi connectivity index (χ3v) is 3.27. The maximum atomic E-state index is 13.1. The molecule has 0 radical (unpaired) electrons. The van der Waals surface area contributed by atoms with Crippen molar-refractivity contribution in [2.24, 2.45) is 5.73 Å². The van der Waals surface area contributed by atoms with Gasteiger partial charge in [0.2, 0.25) is 0 Å². The van der Waals surface area contributed by atoms with Crippen molar-refractivity contribution in [2.45, 2.75) is 12.0 Å². The lowest BCUT2D eigenvalue weighted by Crippen LogP contribution is -2.36. The van der Waals surface area contributed by atoms with Gasteiger partial charge in [-0.25, -0.2) is 8.78 Å². The molecule has 3 nitrogen and oxygen atoms in total. The lowest BCUT2D eigenvalue weighted by molar-refractivity contribution is -0.0712. The van der Waals surface area contributed by atoms with Gasteiger partial charge in [-0.15, -0.1) is 0 Å². The highest BCUT2D eigenvalue weighted by Crippen LogP contribution is 2.37. The normalized spacial score (nSPS) is 13.9. The molecule has 7 heteroatoms. The fourth-order valence-electron chi connectivity index (χ4n) is 1.11. The fraction of sp³-hybridized carbons (Fsp3) is 0.333. The first-order chi connectivity index (χ1) is 7.29. The van der Waals surface area contributed by atoms with E-state index in [4.69, 9.17) is 10.8 Å². The molecule has 0 saturated carbocycles. The minimum atomic E-state index is -3.41. The summed E-state index contributed by atoms with van der Waals surface area (Å²) in [5.41, 5.74) is 5.44. The Hall–Kier alpha value is -0.240. The fourth-order valence-corrected chi connectivity index (χ4v) is 2.33. The van der Waals surface area contributed by atoms with Gasteiger partial charge in [-0.05, 0) is 49.6 Å². The molecule has 0 bridgehead atoms. The van der Waals surface area contributed by atoms with Crippen LogP contribution in [0.1, 0.15) is 11.6 Å². The Kier molecular flexibility index (Phi) is 4.28. The molecule has 1 atom stereocenters. The van der Waals surface area contributed by atoms with Crippen LogP contribution < -0.4 is 5.73 Å². The number of aromatic hydroxyl groups is 1. The predicted molar refractivity (Wildman–Crippen MR) is 62.5 cm³/mol. The largest absolute Gasteiger partial charge is 0.506 e. The third kappa shape index (κ3) is 2.71. The van der Waals surface area contributed by atoms with E-state index in [9.17, 15) is 13.9 Å². The minimum Gasteiger partial charge on any atom is -0.506 e. The van der Waals surface area contributed by atoms with E-state index in [1.54, 1.807) is 0 Å². The Balaban J connectivity index is 3.15. The van der Waals surface area contributed by atoms with Crippen LogP contribution in [0.4, 0.5) is 8.78 Å². The highest BCUT2D eigenvalue weighted by Gasteiger charge is 2.37. The molecule has 0 aliphatic carbocycles. The molecule has 1 aromatic rings. The van der Waals surface area contributed by atoms with Gasteiger partial charge in [-0.2, -0.15) is 0 Å². The van der Waals surface area contributed by atoms with Crippen LogP contribution in [0.5, 0.6) is 5.75 Å². The van der Waals surface area contributed by atoms with Gasteiger partial charge >= 0.3 is 0 Å². The van der Waals surface area contributed by atoms with E-state index in [1.807, 2.05) is 0 Å². The number of phenols is 1. The summed E-state index contributed by atoms with van der Waals surface area (Å²) in [7, 11) is 0. The highest BCUT2D eigenvalue weighted by molar-refractivity contribution is 9.11. The maximum absolute atomic E-state index is 13.1. The Morgan fingerprint density at radius 1 is 1.31 bits per heavy atom. The van der Waals surface area contributed by atoms with E-state index in [0.29, 0.717) is 0 Å². The van der Waals surface area contributed by atoms with Crippen molar-refractivity contribution in [2.75, 3.05) is 6.61 Å². The molecular formula is C9H9Br2F2NO2. The molecule has 0 amide bonds. The number of rotatable bonds is 3. The van der Waals surface area contributed by atoms with Gasteiger partial charge in [0.25, 0.3) is 5.92 Å². The number of nitrogens with two attached hydrogens (primary N) is 1. The summed E-state index contributed by atoms with van der Waals surface area (Å²) in [6, 6.07) is 0.938. The molecule has 0 aliphatic heterocycles. The molecule has 16 heavy (non-hydrogen) atoms. The zero-order valence-corrected chi connectivity index (χ0v) is 11.1. The topological polar surface area (TPSA) is 66.5 Å². The number of aliphatic hydroxyl groups is 1. The number of alkyl halides is 2. The number of phenolic OH excluding ortho intramolecular Hbond substituents is 1. The Labute approximate surface area is 108 Å². The lowest BCUT2D eigenvalue weighted by Gasteiger charge is -2.22. The summed E-state index contributed by atoms with van der Waals surface area (Å²) >= 11 is 6.02. The number of hydrogen-bond donors (Lipinski definition) is 3. The van der Waals surface area contributed by atoms with Crippen LogP contribution in [0.2, 0.25) is 0 Å². The molecule has 1 rings (SSSR count). The van der Waals surface area contributed by atoms with Gasteiger partial charge in [0.05, 0.1) is 15.0 Å². The monoisotopic (exact) mass is 359 g/mol. The van der Waals surface area contributed by atoms with Crippen molar-refractivity contribution in [3.05, 3.63) is 26.6 Å².